The van der Waals surface area contributed by atoms with Crippen LogP contribution in [0.1, 0.15) is 37.7 Å². The van der Waals surface area contributed by atoms with Gasteiger partial charge in [0.05, 0.1) is 5.69 Å². The molecule has 0 aromatic heterocycles. The molecule has 8 heteroatoms. The smallest absolute Gasteiger partial charge is 0.209 e. The lowest BCUT2D eigenvalue weighted by molar-refractivity contribution is 0.128. The number of nitrogens with one attached hydrogen (secondary N) is 2. The highest BCUT2D eigenvalue weighted by Crippen LogP contribution is 2.40. The number of anilines is 1. The van der Waals surface area contributed by atoms with Gasteiger partial charge in [-0.2, -0.15) is 5.43 Å². The lowest BCUT2D eigenvalue weighted by Gasteiger charge is -2.41. The molecule has 1 saturated carbocycles. The highest BCUT2D eigenvalue weighted by atomic mass is 19.1. The summed E-state index contributed by atoms with van der Waals surface area (Å²) < 4.78 is 14.8. The number of nitrogens with zero attached hydrogens (tertiary/aromatic N) is 3. The number of rotatable bonds is 3. The number of hydrazine groups is 1. The lowest BCUT2D eigenvalue weighted by atomic mass is 9.99. The van der Waals surface area contributed by atoms with E-state index in [-0.39, 0.29) is 11.8 Å². The van der Waals surface area contributed by atoms with Crippen molar-refractivity contribution >= 4 is 11.6 Å². The van der Waals surface area contributed by atoms with E-state index in [0.717, 1.165) is 37.9 Å². The largest absolute Gasteiger partial charge is 0.369 e. The molecule has 2 bridgehead atoms. The Morgan fingerprint density at radius 2 is 1.96 bits per heavy atom. The normalized spacial score (nSPS) is 34.1. The SMILES string of the molecule is NC1=NC(N)(c2ccc(N3CCC(N4CC5CCC4C5)CC3)c(F)c2)NN1. The summed E-state index contributed by atoms with van der Waals surface area (Å²) in [6.07, 6.45) is 6.40. The molecule has 3 heterocycles. The molecule has 0 spiro atoms. The Morgan fingerprint density at radius 1 is 1.15 bits per heavy atom. The minimum absolute atomic E-state index is 0.194. The predicted molar refractivity (Wildman–Crippen MR) is 103 cm³/mol. The van der Waals surface area contributed by atoms with Crippen molar-refractivity contribution in [1.29, 1.82) is 0 Å². The molecule has 3 aliphatic heterocycles. The van der Waals surface area contributed by atoms with E-state index < -0.39 is 5.79 Å². The molecule has 6 N–H and O–H groups in total. The number of halogens is 1. The molecule has 1 aliphatic carbocycles. The van der Waals surface area contributed by atoms with Gasteiger partial charge in [0.1, 0.15) is 5.82 Å². The van der Waals surface area contributed by atoms with Crippen LogP contribution in [0.15, 0.2) is 23.2 Å². The zero-order chi connectivity index (χ0) is 18.6. The molecule has 1 aromatic carbocycles. The van der Waals surface area contributed by atoms with Crippen molar-refractivity contribution in [2.75, 3.05) is 24.5 Å². The summed E-state index contributed by atoms with van der Waals surface area (Å²) in [6.45, 7) is 3.07. The van der Waals surface area contributed by atoms with Crippen LogP contribution < -0.4 is 27.2 Å². The zero-order valence-corrected chi connectivity index (χ0v) is 15.5. The van der Waals surface area contributed by atoms with Gasteiger partial charge < -0.3 is 10.6 Å². The molecule has 2 saturated heterocycles. The molecule has 0 amide bonds. The maximum atomic E-state index is 14.8. The molecule has 7 nitrogen and oxygen atoms in total. The van der Waals surface area contributed by atoms with E-state index in [4.69, 9.17) is 11.5 Å². The maximum absolute atomic E-state index is 14.8. The molecule has 146 valence electrons. The summed E-state index contributed by atoms with van der Waals surface area (Å²) in [5.41, 5.74) is 18.4. The molecule has 5 rings (SSSR count). The summed E-state index contributed by atoms with van der Waals surface area (Å²) in [7, 11) is 0. The van der Waals surface area contributed by atoms with Crippen LogP contribution in [-0.2, 0) is 5.79 Å². The van der Waals surface area contributed by atoms with Crippen molar-refractivity contribution in [1.82, 2.24) is 15.8 Å². The average molecular weight is 373 g/mol. The average Bonchev–Trinajstić information content (AvgIpc) is 3.38. The van der Waals surface area contributed by atoms with Gasteiger partial charge >= 0.3 is 0 Å². The summed E-state index contributed by atoms with van der Waals surface area (Å²) in [4.78, 5) is 9.01. The number of hydrogen-bond acceptors (Lipinski definition) is 7. The monoisotopic (exact) mass is 373 g/mol. The van der Waals surface area contributed by atoms with Crippen LogP contribution in [0, 0.1) is 11.7 Å². The van der Waals surface area contributed by atoms with Gasteiger partial charge in [-0.1, -0.05) is 6.07 Å². The fraction of sp³-hybridized carbons (Fsp3) is 0.632. The second-order valence-electron chi connectivity index (χ2n) is 8.43. The van der Waals surface area contributed by atoms with Gasteiger partial charge in [-0.05, 0) is 50.2 Å². The Balaban J connectivity index is 1.26. The quantitative estimate of drug-likeness (QED) is 0.625. The van der Waals surface area contributed by atoms with E-state index in [1.54, 1.807) is 0 Å². The topological polar surface area (TPSA) is 94.9 Å². The van der Waals surface area contributed by atoms with Crippen LogP contribution in [0.2, 0.25) is 0 Å². The Hall–Kier alpha value is -1.90. The van der Waals surface area contributed by atoms with Crippen LogP contribution in [0.4, 0.5) is 10.1 Å². The van der Waals surface area contributed by atoms with Crippen molar-refractivity contribution in [3.05, 3.63) is 29.6 Å². The number of nitrogens with two attached hydrogens (primary N) is 2. The van der Waals surface area contributed by atoms with Gasteiger partial charge in [-0.3, -0.25) is 16.1 Å². The Labute approximate surface area is 158 Å². The molecule has 3 unspecified atom stereocenters. The van der Waals surface area contributed by atoms with E-state index in [2.05, 4.69) is 25.6 Å². The zero-order valence-electron chi connectivity index (χ0n) is 15.5. The summed E-state index contributed by atoms with van der Waals surface area (Å²) in [5, 5.41) is 0. The second-order valence-corrected chi connectivity index (χ2v) is 8.43. The summed E-state index contributed by atoms with van der Waals surface area (Å²) in [6, 6.07) is 6.56. The van der Waals surface area contributed by atoms with Crippen LogP contribution in [-0.4, -0.2) is 42.6 Å². The number of piperidine rings is 2. The van der Waals surface area contributed by atoms with Crippen molar-refractivity contribution in [2.24, 2.45) is 22.4 Å². The minimum Gasteiger partial charge on any atom is -0.369 e. The standard InChI is InChI=1S/C19H28FN7/c20-16-10-13(19(22)23-18(21)24-25-19)2-4-17(16)26-7-5-14(6-8-26)27-11-12-1-3-15(27)9-12/h2,4,10,12,14-15,25H,1,3,5-9,11,22H2,(H3,21,23,24). The molecular weight excluding hydrogens is 345 g/mol. The summed E-state index contributed by atoms with van der Waals surface area (Å²) >= 11 is 0. The van der Waals surface area contributed by atoms with Crippen molar-refractivity contribution in [2.45, 2.75) is 50.0 Å². The van der Waals surface area contributed by atoms with E-state index in [9.17, 15) is 4.39 Å². The van der Waals surface area contributed by atoms with Crippen LogP contribution >= 0.6 is 0 Å². The van der Waals surface area contributed by atoms with Gasteiger partial charge in [-0.15, -0.1) is 0 Å². The molecule has 0 radical (unpaired) electrons. The Kier molecular flexibility index (Phi) is 4.03. The number of hydrogen-bond donors (Lipinski definition) is 4. The van der Waals surface area contributed by atoms with E-state index >= 15 is 0 Å². The predicted octanol–water partition coefficient (Wildman–Crippen LogP) is 0.770. The van der Waals surface area contributed by atoms with Gasteiger partial charge in [0, 0.05) is 37.3 Å². The molecule has 27 heavy (non-hydrogen) atoms. The summed E-state index contributed by atoms with van der Waals surface area (Å²) in [5.74, 6) is -0.374. The second kappa shape index (κ2) is 6.32. The minimum atomic E-state index is -1.23. The van der Waals surface area contributed by atoms with Crippen LogP contribution in [0.5, 0.6) is 0 Å². The van der Waals surface area contributed by atoms with Crippen molar-refractivity contribution < 1.29 is 4.39 Å². The van der Waals surface area contributed by atoms with Gasteiger partial charge in [-0.25, -0.2) is 9.38 Å². The van der Waals surface area contributed by atoms with Crippen LogP contribution in [0.25, 0.3) is 0 Å². The Morgan fingerprint density at radius 3 is 2.56 bits per heavy atom. The van der Waals surface area contributed by atoms with Gasteiger partial charge in [0.2, 0.25) is 11.7 Å². The Bertz CT molecular complexity index is 760. The first-order valence-corrected chi connectivity index (χ1v) is 10.00. The number of benzene rings is 1. The number of likely N-dealkylation sites (tertiary alicyclic amines) is 1. The van der Waals surface area contributed by atoms with Crippen molar-refractivity contribution in [3.8, 4) is 0 Å². The number of aliphatic imine (C=N–C) groups is 1. The fourth-order valence-electron chi connectivity index (χ4n) is 5.39. The third kappa shape index (κ3) is 2.96. The third-order valence-electron chi connectivity index (χ3n) is 6.79. The molecule has 4 aliphatic rings. The lowest BCUT2D eigenvalue weighted by Crippen LogP contribution is -2.50. The fourth-order valence-corrected chi connectivity index (χ4v) is 5.39. The molecular formula is C19H28FN7. The molecule has 3 fully saturated rings. The van der Waals surface area contributed by atoms with E-state index in [1.165, 1.54) is 31.9 Å². The molecule has 3 atom stereocenters. The van der Waals surface area contributed by atoms with Crippen LogP contribution in [0.3, 0.4) is 0 Å². The van der Waals surface area contributed by atoms with Gasteiger partial charge in [0.25, 0.3) is 0 Å². The number of guanidine groups is 1. The highest BCUT2D eigenvalue weighted by Gasteiger charge is 2.41. The number of fused-ring (bicyclic) bond motifs is 2. The van der Waals surface area contributed by atoms with Crippen molar-refractivity contribution in [3.63, 3.8) is 0 Å². The van der Waals surface area contributed by atoms with E-state index in [1.807, 2.05) is 12.1 Å². The first-order chi connectivity index (χ1) is 13.0. The third-order valence-corrected chi connectivity index (χ3v) is 6.79. The maximum Gasteiger partial charge on any atom is 0.209 e. The molecule has 1 aromatic rings. The first kappa shape index (κ1) is 17.2. The first-order valence-electron chi connectivity index (χ1n) is 10.00. The highest BCUT2D eigenvalue weighted by molar-refractivity contribution is 5.79. The van der Waals surface area contributed by atoms with E-state index in [0.29, 0.717) is 17.3 Å². The van der Waals surface area contributed by atoms with Gasteiger partial charge in [0.15, 0.2) is 0 Å².